The lowest BCUT2D eigenvalue weighted by atomic mass is 9.97. The Morgan fingerprint density at radius 1 is 1.13 bits per heavy atom. The zero-order chi connectivity index (χ0) is 22.3. The van der Waals surface area contributed by atoms with Crippen LogP contribution in [0.1, 0.15) is 34.6 Å². The van der Waals surface area contributed by atoms with Gasteiger partial charge in [-0.2, -0.15) is 18.3 Å². The van der Waals surface area contributed by atoms with Crippen LogP contribution in [0.15, 0.2) is 48.5 Å². The number of hydrogen-bond donors (Lipinski definition) is 2. The summed E-state index contributed by atoms with van der Waals surface area (Å²) in [6, 6.07) is 9.93. The van der Waals surface area contributed by atoms with E-state index < -0.39 is 24.2 Å². The van der Waals surface area contributed by atoms with E-state index in [1.165, 1.54) is 12.1 Å². The van der Waals surface area contributed by atoms with Gasteiger partial charge < -0.3 is 10.6 Å². The van der Waals surface area contributed by atoms with Gasteiger partial charge in [-0.05, 0) is 29.8 Å². The highest BCUT2D eigenvalue weighted by Gasteiger charge is 2.46. The first kappa shape index (κ1) is 21.8. The maximum absolute atomic E-state index is 13.8. The van der Waals surface area contributed by atoms with Gasteiger partial charge in [-0.3, -0.25) is 4.79 Å². The number of fused-ring (bicyclic) bond motifs is 1. The van der Waals surface area contributed by atoms with Crippen LogP contribution in [0.5, 0.6) is 0 Å². The summed E-state index contributed by atoms with van der Waals surface area (Å²) in [5.41, 5.74) is 0.678. The van der Waals surface area contributed by atoms with Crippen molar-refractivity contribution < 1.29 is 18.0 Å². The Kier molecular flexibility index (Phi) is 5.81. The van der Waals surface area contributed by atoms with Gasteiger partial charge in [-0.25, -0.2) is 4.68 Å². The number of nitrogens with one attached hydrogen (secondary N) is 2. The molecular weight excluding hydrogens is 476 g/mol. The molecular formula is C20H14Cl3F3N4O. The van der Waals surface area contributed by atoms with E-state index in [0.717, 1.165) is 4.68 Å². The Bertz CT molecular complexity index is 1130. The van der Waals surface area contributed by atoms with E-state index in [9.17, 15) is 18.0 Å². The predicted molar refractivity (Wildman–Crippen MR) is 114 cm³/mol. The van der Waals surface area contributed by atoms with Crippen LogP contribution in [-0.2, 0) is 0 Å². The first-order chi connectivity index (χ1) is 14.6. The number of nitrogens with zero attached hydrogens (tertiary/aromatic N) is 2. The van der Waals surface area contributed by atoms with Crippen molar-refractivity contribution in [2.75, 3.05) is 10.6 Å². The molecule has 0 spiro atoms. The third-order valence-electron chi connectivity index (χ3n) is 4.89. The van der Waals surface area contributed by atoms with Gasteiger partial charge in [0.25, 0.3) is 5.91 Å². The smallest absolute Gasteiger partial charge is 0.363 e. The molecule has 2 atom stereocenters. The third-order valence-corrected chi connectivity index (χ3v) is 5.97. The van der Waals surface area contributed by atoms with Crippen LogP contribution in [0, 0.1) is 0 Å². The second-order valence-corrected chi connectivity index (χ2v) is 8.18. The number of carbonyl (C=O) groups excluding carboxylic acids is 1. The van der Waals surface area contributed by atoms with Gasteiger partial charge in [0, 0.05) is 17.5 Å². The monoisotopic (exact) mass is 488 g/mol. The molecule has 1 aromatic heterocycles. The molecule has 0 unspecified atom stereocenters. The fraction of sp³-hybridized carbons (Fsp3) is 0.200. The van der Waals surface area contributed by atoms with Crippen LogP contribution in [0.2, 0.25) is 15.1 Å². The molecule has 2 N–H and O–H groups in total. The van der Waals surface area contributed by atoms with E-state index in [-0.39, 0.29) is 33.7 Å². The van der Waals surface area contributed by atoms with Crippen molar-refractivity contribution in [1.29, 1.82) is 0 Å². The number of amides is 1. The van der Waals surface area contributed by atoms with Crippen molar-refractivity contribution in [3.63, 3.8) is 0 Å². The van der Waals surface area contributed by atoms with E-state index >= 15 is 0 Å². The molecule has 0 fully saturated rings. The van der Waals surface area contributed by atoms with E-state index in [1.807, 2.05) is 0 Å². The lowest BCUT2D eigenvalue weighted by Crippen LogP contribution is -2.35. The highest BCUT2D eigenvalue weighted by Crippen LogP contribution is 2.43. The Morgan fingerprint density at radius 3 is 2.52 bits per heavy atom. The molecule has 11 heteroatoms. The summed E-state index contributed by atoms with van der Waals surface area (Å²) >= 11 is 17.9. The molecule has 0 bridgehead atoms. The number of halogens is 6. The SMILES string of the molecule is O=C(Nc1cccc(Cl)c1Cl)c1cc2n(n1)[C@H](C(F)(F)F)C[C@@H](c1ccc(Cl)cc1)N2. The summed E-state index contributed by atoms with van der Waals surface area (Å²) in [4.78, 5) is 12.6. The lowest BCUT2D eigenvalue weighted by Gasteiger charge is -2.33. The topological polar surface area (TPSA) is 59.0 Å². The fourth-order valence-electron chi connectivity index (χ4n) is 3.38. The van der Waals surface area contributed by atoms with Gasteiger partial charge in [-0.15, -0.1) is 0 Å². The summed E-state index contributed by atoms with van der Waals surface area (Å²) in [6.07, 6.45) is -4.85. The molecule has 3 aromatic rings. The molecule has 1 aliphatic rings. The van der Waals surface area contributed by atoms with Crippen LogP contribution < -0.4 is 10.6 Å². The van der Waals surface area contributed by atoms with Gasteiger partial charge >= 0.3 is 6.18 Å². The molecule has 31 heavy (non-hydrogen) atoms. The van der Waals surface area contributed by atoms with Crippen molar-refractivity contribution in [3.8, 4) is 0 Å². The fourth-order valence-corrected chi connectivity index (χ4v) is 3.86. The summed E-state index contributed by atoms with van der Waals surface area (Å²) in [7, 11) is 0. The Morgan fingerprint density at radius 2 is 1.84 bits per heavy atom. The van der Waals surface area contributed by atoms with E-state index in [2.05, 4.69) is 15.7 Å². The molecule has 2 aromatic carbocycles. The van der Waals surface area contributed by atoms with E-state index in [1.54, 1.807) is 36.4 Å². The molecule has 0 saturated heterocycles. The highest BCUT2D eigenvalue weighted by molar-refractivity contribution is 6.44. The summed E-state index contributed by atoms with van der Waals surface area (Å²) < 4.78 is 42.1. The molecule has 1 aliphatic heterocycles. The number of carbonyl (C=O) groups is 1. The van der Waals surface area contributed by atoms with E-state index in [0.29, 0.717) is 10.6 Å². The molecule has 162 valence electrons. The molecule has 0 saturated carbocycles. The lowest BCUT2D eigenvalue weighted by molar-refractivity contribution is -0.173. The predicted octanol–water partition coefficient (Wildman–Crippen LogP) is 6.76. The maximum atomic E-state index is 13.8. The minimum atomic E-state index is -4.56. The second kappa shape index (κ2) is 8.26. The minimum Gasteiger partial charge on any atom is -0.363 e. The second-order valence-electron chi connectivity index (χ2n) is 6.96. The zero-order valence-corrected chi connectivity index (χ0v) is 17.8. The van der Waals surface area contributed by atoms with Gasteiger partial charge in [0.2, 0.25) is 0 Å². The minimum absolute atomic E-state index is 0.0795. The van der Waals surface area contributed by atoms with Gasteiger partial charge in [0.15, 0.2) is 11.7 Å². The standard InChI is InChI=1S/C20H14Cl3F3N4O/c21-11-6-4-10(5-7-11)14-8-16(20(24,25)26)30-17(27-14)9-15(29-30)19(31)28-13-3-1-2-12(22)18(13)23/h1-7,9,14,16,27H,8H2,(H,28,31)/t14-,16-/m0/s1. The first-order valence-electron chi connectivity index (χ1n) is 9.07. The molecule has 0 radical (unpaired) electrons. The third kappa shape index (κ3) is 4.46. The van der Waals surface area contributed by atoms with E-state index in [4.69, 9.17) is 34.8 Å². The number of aromatic nitrogens is 2. The highest BCUT2D eigenvalue weighted by atomic mass is 35.5. The number of anilines is 2. The van der Waals surface area contributed by atoms with Gasteiger partial charge in [-0.1, -0.05) is 53.0 Å². The Labute approximate surface area is 190 Å². The number of benzene rings is 2. The van der Waals surface area contributed by atoms with Crippen molar-refractivity contribution >= 4 is 52.2 Å². The van der Waals surface area contributed by atoms with Crippen LogP contribution in [0.4, 0.5) is 24.7 Å². The van der Waals surface area contributed by atoms with Crippen LogP contribution in [0.3, 0.4) is 0 Å². The summed E-state index contributed by atoms with van der Waals surface area (Å²) in [5.74, 6) is -0.632. The number of rotatable bonds is 3. The average Bonchev–Trinajstić information content (AvgIpc) is 3.14. The van der Waals surface area contributed by atoms with Gasteiger partial charge in [0.05, 0.1) is 21.8 Å². The molecule has 4 rings (SSSR count). The average molecular weight is 490 g/mol. The van der Waals surface area contributed by atoms with Crippen molar-refractivity contribution in [2.45, 2.75) is 24.7 Å². The quantitative estimate of drug-likeness (QED) is 0.427. The molecule has 2 heterocycles. The van der Waals surface area contributed by atoms with Crippen LogP contribution in [0.25, 0.3) is 0 Å². The van der Waals surface area contributed by atoms with Crippen LogP contribution in [-0.4, -0.2) is 21.9 Å². The van der Waals surface area contributed by atoms with Crippen LogP contribution >= 0.6 is 34.8 Å². The largest absolute Gasteiger partial charge is 0.410 e. The molecule has 0 aliphatic carbocycles. The summed E-state index contributed by atoms with van der Waals surface area (Å²) in [6.45, 7) is 0. The molecule has 1 amide bonds. The van der Waals surface area contributed by atoms with Crippen molar-refractivity contribution in [1.82, 2.24) is 9.78 Å². The normalized spacial score (nSPS) is 18.3. The van der Waals surface area contributed by atoms with Gasteiger partial charge in [0.1, 0.15) is 5.82 Å². The molecule has 5 nitrogen and oxygen atoms in total. The zero-order valence-electron chi connectivity index (χ0n) is 15.6. The number of hydrogen-bond acceptors (Lipinski definition) is 3. The Balaban J connectivity index is 1.65. The number of alkyl halides is 3. The first-order valence-corrected chi connectivity index (χ1v) is 10.2. The summed E-state index contributed by atoms with van der Waals surface area (Å²) in [5, 5.41) is 10.3. The maximum Gasteiger partial charge on any atom is 0.410 e. The van der Waals surface area contributed by atoms with Crippen molar-refractivity contribution in [2.24, 2.45) is 0 Å². The Hall–Kier alpha value is -2.42. The van der Waals surface area contributed by atoms with Crippen molar-refractivity contribution in [3.05, 3.63) is 74.9 Å².